The summed E-state index contributed by atoms with van der Waals surface area (Å²) in [7, 11) is 0. The number of Topliss-reactive ketones (excluding diaryl/α,β-unsaturated/α-hetero) is 1. The van der Waals surface area contributed by atoms with Gasteiger partial charge in [0.1, 0.15) is 5.78 Å². The van der Waals surface area contributed by atoms with Crippen LogP contribution >= 0.6 is 0 Å². The van der Waals surface area contributed by atoms with Gasteiger partial charge in [0.25, 0.3) is 0 Å². The van der Waals surface area contributed by atoms with Crippen LogP contribution in [0.4, 0.5) is 0 Å². The maximum absolute atomic E-state index is 11.8. The summed E-state index contributed by atoms with van der Waals surface area (Å²) in [6.07, 6.45) is 11.6. The standard InChI is InChI=1S/C12H16O/c1-12(2,3)11(13)10-8-6-4-5-7-9-10/h4-10H,1-3H3. The molecule has 0 spiro atoms. The molecular formula is C12H16O. The molecule has 0 N–H and O–H groups in total. The highest BCUT2D eigenvalue weighted by Gasteiger charge is 2.26. The summed E-state index contributed by atoms with van der Waals surface area (Å²) >= 11 is 0. The second kappa shape index (κ2) is 3.73. The lowest BCUT2D eigenvalue weighted by Gasteiger charge is -2.19. The van der Waals surface area contributed by atoms with E-state index in [9.17, 15) is 4.79 Å². The Morgan fingerprint density at radius 2 is 1.46 bits per heavy atom. The third-order valence-corrected chi connectivity index (χ3v) is 2.01. The average molecular weight is 176 g/mol. The Morgan fingerprint density at radius 3 is 1.85 bits per heavy atom. The zero-order valence-corrected chi connectivity index (χ0v) is 8.45. The van der Waals surface area contributed by atoms with Crippen LogP contribution in [0.1, 0.15) is 20.8 Å². The van der Waals surface area contributed by atoms with Gasteiger partial charge in [-0.15, -0.1) is 0 Å². The zero-order valence-electron chi connectivity index (χ0n) is 8.45. The average Bonchev–Trinajstić information content (AvgIpc) is 2.28. The van der Waals surface area contributed by atoms with Gasteiger partial charge in [0.05, 0.1) is 5.92 Å². The van der Waals surface area contributed by atoms with Crippen molar-refractivity contribution in [3.05, 3.63) is 36.5 Å². The number of ketones is 1. The molecule has 0 aromatic rings. The molecule has 0 fully saturated rings. The highest BCUT2D eigenvalue weighted by atomic mass is 16.1. The second-order valence-corrected chi connectivity index (χ2v) is 4.29. The summed E-state index contributed by atoms with van der Waals surface area (Å²) in [6, 6.07) is 0. The third-order valence-electron chi connectivity index (χ3n) is 2.01. The van der Waals surface area contributed by atoms with E-state index in [2.05, 4.69) is 0 Å². The number of allylic oxidation sites excluding steroid dienone is 6. The van der Waals surface area contributed by atoms with Crippen LogP contribution in [0.25, 0.3) is 0 Å². The first-order valence-corrected chi connectivity index (χ1v) is 4.58. The van der Waals surface area contributed by atoms with E-state index >= 15 is 0 Å². The van der Waals surface area contributed by atoms with Gasteiger partial charge in [-0.2, -0.15) is 0 Å². The molecule has 0 aromatic carbocycles. The van der Waals surface area contributed by atoms with E-state index in [-0.39, 0.29) is 17.1 Å². The third kappa shape index (κ3) is 2.69. The van der Waals surface area contributed by atoms with Crippen molar-refractivity contribution in [2.45, 2.75) is 20.8 Å². The quantitative estimate of drug-likeness (QED) is 0.600. The Balaban J connectivity index is 2.79. The fourth-order valence-corrected chi connectivity index (χ4v) is 1.23. The highest BCUT2D eigenvalue weighted by Crippen LogP contribution is 2.22. The van der Waals surface area contributed by atoms with E-state index in [1.54, 1.807) is 0 Å². The van der Waals surface area contributed by atoms with E-state index in [4.69, 9.17) is 0 Å². The zero-order chi connectivity index (χ0) is 9.90. The van der Waals surface area contributed by atoms with Gasteiger partial charge in [-0.25, -0.2) is 0 Å². The number of carbonyl (C=O) groups excluding carboxylic acids is 1. The van der Waals surface area contributed by atoms with Crippen LogP contribution in [0.15, 0.2) is 36.5 Å². The van der Waals surface area contributed by atoms with Crippen LogP contribution in [0, 0.1) is 11.3 Å². The minimum Gasteiger partial charge on any atom is -0.298 e. The highest BCUT2D eigenvalue weighted by molar-refractivity contribution is 5.89. The fraction of sp³-hybridized carbons (Fsp3) is 0.417. The number of rotatable bonds is 1. The molecule has 0 aliphatic heterocycles. The Morgan fingerprint density at radius 1 is 1.00 bits per heavy atom. The first-order chi connectivity index (χ1) is 6.02. The molecule has 1 heteroatoms. The normalized spacial score (nSPS) is 17.5. The molecular weight excluding hydrogens is 160 g/mol. The molecule has 0 amide bonds. The Labute approximate surface area is 79.8 Å². The summed E-state index contributed by atoms with van der Waals surface area (Å²) < 4.78 is 0. The maximum Gasteiger partial charge on any atom is 0.148 e. The number of carbonyl (C=O) groups is 1. The van der Waals surface area contributed by atoms with E-state index in [1.165, 1.54) is 0 Å². The van der Waals surface area contributed by atoms with Gasteiger partial charge < -0.3 is 0 Å². The molecule has 0 aromatic heterocycles. The predicted octanol–water partition coefficient (Wildman–Crippen LogP) is 2.90. The number of hydrogen-bond acceptors (Lipinski definition) is 1. The summed E-state index contributed by atoms with van der Waals surface area (Å²) in [5, 5.41) is 0. The number of hydrogen-bond donors (Lipinski definition) is 0. The Bertz CT molecular complexity index is 258. The summed E-state index contributed by atoms with van der Waals surface area (Å²) in [5.41, 5.74) is -0.260. The first-order valence-electron chi connectivity index (χ1n) is 4.58. The van der Waals surface area contributed by atoms with Gasteiger partial charge in [0.2, 0.25) is 0 Å². The van der Waals surface area contributed by atoms with Gasteiger partial charge in [-0.1, -0.05) is 57.2 Å². The lowest BCUT2D eigenvalue weighted by Crippen LogP contribution is -2.26. The van der Waals surface area contributed by atoms with Crippen molar-refractivity contribution in [3.63, 3.8) is 0 Å². The summed E-state index contributed by atoms with van der Waals surface area (Å²) in [5.74, 6) is 0.207. The molecule has 0 unspecified atom stereocenters. The van der Waals surface area contributed by atoms with Crippen LogP contribution in [-0.4, -0.2) is 5.78 Å². The maximum atomic E-state index is 11.8. The minimum absolute atomic E-state index is 0.0602. The Hall–Kier alpha value is -1.11. The van der Waals surface area contributed by atoms with E-state index in [0.29, 0.717) is 0 Å². The van der Waals surface area contributed by atoms with Crippen LogP contribution in [-0.2, 0) is 4.79 Å². The van der Waals surface area contributed by atoms with Crippen molar-refractivity contribution in [3.8, 4) is 0 Å². The van der Waals surface area contributed by atoms with Crippen LogP contribution in [0.2, 0.25) is 0 Å². The predicted molar refractivity (Wildman–Crippen MR) is 55.4 cm³/mol. The second-order valence-electron chi connectivity index (χ2n) is 4.29. The summed E-state index contributed by atoms with van der Waals surface area (Å²) in [6.45, 7) is 5.86. The Kier molecular flexibility index (Phi) is 2.86. The van der Waals surface area contributed by atoms with Gasteiger partial charge in [0, 0.05) is 5.41 Å². The van der Waals surface area contributed by atoms with E-state index in [1.807, 2.05) is 57.2 Å². The van der Waals surface area contributed by atoms with Crippen LogP contribution in [0.5, 0.6) is 0 Å². The van der Waals surface area contributed by atoms with Crippen molar-refractivity contribution in [2.24, 2.45) is 11.3 Å². The minimum atomic E-state index is -0.260. The molecule has 1 rings (SSSR count). The van der Waals surface area contributed by atoms with Crippen molar-refractivity contribution in [1.29, 1.82) is 0 Å². The molecule has 70 valence electrons. The van der Waals surface area contributed by atoms with E-state index < -0.39 is 0 Å². The summed E-state index contributed by atoms with van der Waals surface area (Å²) in [4.78, 5) is 11.8. The molecule has 1 aliphatic carbocycles. The molecule has 0 saturated carbocycles. The van der Waals surface area contributed by atoms with Gasteiger partial charge in [0.15, 0.2) is 0 Å². The van der Waals surface area contributed by atoms with Gasteiger partial charge >= 0.3 is 0 Å². The molecule has 0 bridgehead atoms. The van der Waals surface area contributed by atoms with Crippen LogP contribution in [0.3, 0.4) is 0 Å². The topological polar surface area (TPSA) is 17.1 Å². The molecule has 1 nitrogen and oxygen atoms in total. The molecule has 0 atom stereocenters. The van der Waals surface area contributed by atoms with Gasteiger partial charge in [-0.3, -0.25) is 4.79 Å². The van der Waals surface area contributed by atoms with Crippen LogP contribution < -0.4 is 0 Å². The lowest BCUT2D eigenvalue weighted by molar-refractivity contribution is -0.127. The first kappa shape index (κ1) is 9.97. The molecule has 0 heterocycles. The molecule has 1 aliphatic rings. The fourth-order valence-electron chi connectivity index (χ4n) is 1.23. The molecule has 0 radical (unpaired) electrons. The van der Waals surface area contributed by atoms with Crippen molar-refractivity contribution < 1.29 is 4.79 Å². The lowest BCUT2D eigenvalue weighted by atomic mass is 9.83. The van der Waals surface area contributed by atoms with E-state index in [0.717, 1.165) is 0 Å². The van der Waals surface area contributed by atoms with Crippen molar-refractivity contribution in [2.75, 3.05) is 0 Å². The van der Waals surface area contributed by atoms with Crippen molar-refractivity contribution in [1.82, 2.24) is 0 Å². The SMILES string of the molecule is CC(C)(C)C(=O)C1C=CC=CC=C1. The monoisotopic (exact) mass is 176 g/mol. The van der Waals surface area contributed by atoms with Gasteiger partial charge in [-0.05, 0) is 0 Å². The van der Waals surface area contributed by atoms with Crippen molar-refractivity contribution >= 4 is 5.78 Å². The molecule has 0 saturated heterocycles. The smallest absolute Gasteiger partial charge is 0.148 e. The largest absolute Gasteiger partial charge is 0.298 e. The molecule has 13 heavy (non-hydrogen) atoms.